The Morgan fingerprint density at radius 2 is 2.06 bits per heavy atom. The molecule has 1 aromatic carbocycles. The van der Waals surface area contributed by atoms with E-state index in [1.54, 1.807) is 0 Å². The van der Waals surface area contributed by atoms with Gasteiger partial charge in [-0.1, -0.05) is 28.1 Å². The number of nitrogens with one attached hydrogen (secondary N) is 1. The Labute approximate surface area is 118 Å². The summed E-state index contributed by atoms with van der Waals surface area (Å²) in [5, 5.41) is 2.95. The van der Waals surface area contributed by atoms with Crippen molar-refractivity contribution >= 4 is 22.0 Å². The molecule has 0 saturated heterocycles. The molecule has 0 aromatic heterocycles. The van der Waals surface area contributed by atoms with Crippen molar-refractivity contribution in [2.24, 2.45) is 0 Å². The smallest absolute Gasteiger partial charge is 0.318 e. The quantitative estimate of drug-likeness (QED) is 0.905. The fourth-order valence-electron chi connectivity index (χ4n) is 1.84. The molecule has 0 bridgehead atoms. The van der Waals surface area contributed by atoms with Crippen LogP contribution in [0, 0.1) is 0 Å². The number of hydrogen-bond acceptors (Lipinski definition) is 1. The topological polar surface area (TPSA) is 32.3 Å². The van der Waals surface area contributed by atoms with Gasteiger partial charge in [-0.25, -0.2) is 4.79 Å². The second-order valence-corrected chi connectivity index (χ2v) is 6.12. The van der Waals surface area contributed by atoms with Gasteiger partial charge in [0, 0.05) is 23.1 Å². The summed E-state index contributed by atoms with van der Waals surface area (Å²) in [6.45, 7) is 9.35. The number of carbonyl (C=O) groups excluding carboxylic acids is 1. The first-order valence-corrected chi connectivity index (χ1v) is 6.94. The largest absolute Gasteiger partial charge is 0.334 e. The third-order valence-electron chi connectivity index (χ3n) is 2.70. The van der Waals surface area contributed by atoms with Gasteiger partial charge < -0.3 is 10.2 Å². The number of nitrogens with zero attached hydrogens (tertiary/aromatic N) is 1. The predicted octanol–water partition coefficient (Wildman–Crippen LogP) is 3.78. The molecule has 0 heterocycles. The monoisotopic (exact) mass is 312 g/mol. The fraction of sp³-hybridized carbons (Fsp3) is 0.500. The van der Waals surface area contributed by atoms with Crippen molar-refractivity contribution in [3.05, 3.63) is 34.3 Å². The third-order valence-corrected chi connectivity index (χ3v) is 3.20. The molecule has 0 spiro atoms. The zero-order valence-corrected chi connectivity index (χ0v) is 13.0. The number of halogens is 1. The maximum atomic E-state index is 12.1. The van der Waals surface area contributed by atoms with Crippen LogP contribution in [0.5, 0.6) is 0 Å². The highest BCUT2D eigenvalue weighted by Gasteiger charge is 2.24. The van der Waals surface area contributed by atoms with Crippen molar-refractivity contribution in [1.29, 1.82) is 0 Å². The van der Waals surface area contributed by atoms with Crippen LogP contribution in [-0.2, 0) is 6.54 Å². The molecule has 0 unspecified atom stereocenters. The van der Waals surface area contributed by atoms with E-state index in [0.717, 1.165) is 10.0 Å². The fourth-order valence-corrected chi connectivity index (χ4v) is 2.29. The molecule has 0 aliphatic rings. The zero-order valence-electron chi connectivity index (χ0n) is 11.5. The Hall–Kier alpha value is -1.03. The molecule has 0 atom stereocenters. The number of benzene rings is 1. The lowest BCUT2D eigenvalue weighted by Crippen LogP contribution is -2.49. The van der Waals surface area contributed by atoms with Gasteiger partial charge in [0.1, 0.15) is 0 Å². The van der Waals surface area contributed by atoms with Gasteiger partial charge in [0.25, 0.3) is 0 Å². The van der Waals surface area contributed by atoms with Crippen LogP contribution < -0.4 is 5.32 Å². The molecule has 0 aliphatic heterocycles. The molecule has 1 rings (SSSR count). The van der Waals surface area contributed by atoms with Crippen LogP contribution in [0.2, 0.25) is 0 Å². The molecular formula is C14H21BrN2O. The van der Waals surface area contributed by atoms with Gasteiger partial charge in [-0.15, -0.1) is 0 Å². The summed E-state index contributed by atoms with van der Waals surface area (Å²) in [6.07, 6.45) is 0. The second-order valence-electron chi connectivity index (χ2n) is 5.20. The molecule has 18 heavy (non-hydrogen) atoms. The van der Waals surface area contributed by atoms with Crippen LogP contribution >= 0.6 is 15.9 Å². The van der Waals surface area contributed by atoms with Crippen LogP contribution in [0.1, 0.15) is 33.3 Å². The highest BCUT2D eigenvalue weighted by atomic mass is 79.9. The minimum absolute atomic E-state index is 0.0232. The summed E-state index contributed by atoms with van der Waals surface area (Å²) in [4.78, 5) is 13.9. The van der Waals surface area contributed by atoms with Crippen molar-refractivity contribution in [1.82, 2.24) is 10.2 Å². The van der Waals surface area contributed by atoms with Gasteiger partial charge in [-0.05, 0) is 45.4 Å². The van der Waals surface area contributed by atoms with Crippen molar-refractivity contribution in [3.63, 3.8) is 0 Å². The van der Waals surface area contributed by atoms with Crippen LogP contribution in [-0.4, -0.2) is 23.0 Å². The van der Waals surface area contributed by atoms with E-state index >= 15 is 0 Å². The Morgan fingerprint density at radius 3 is 2.56 bits per heavy atom. The van der Waals surface area contributed by atoms with Gasteiger partial charge >= 0.3 is 6.03 Å². The standard InChI is InChI=1S/C14H21BrN2O/c1-5-17(14(2,3)4)13(18)16-10-11-7-6-8-12(15)9-11/h6-9H,5,10H2,1-4H3,(H,16,18). The molecular weight excluding hydrogens is 292 g/mol. The molecule has 1 aromatic rings. The van der Waals surface area contributed by atoms with Crippen LogP contribution in [0.4, 0.5) is 4.79 Å². The number of rotatable bonds is 3. The summed E-state index contributed by atoms with van der Waals surface area (Å²) < 4.78 is 1.03. The molecule has 2 amide bonds. The molecule has 0 fully saturated rings. The molecule has 3 nitrogen and oxygen atoms in total. The average Bonchev–Trinajstić information content (AvgIpc) is 2.25. The van der Waals surface area contributed by atoms with Crippen LogP contribution in [0.3, 0.4) is 0 Å². The van der Waals surface area contributed by atoms with Gasteiger partial charge in [0.15, 0.2) is 0 Å². The highest BCUT2D eigenvalue weighted by molar-refractivity contribution is 9.10. The second kappa shape index (κ2) is 6.23. The lowest BCUT2D eigenvalue weighted by molar-refractivity contribution is 0.149. The first-order valence-electron chi connectivity index (χ1n) is 6.14. The van der Waals surface area contributed by atoms with Crippen LogP contribution in [0.15, 0.2) is 28.7 Å². The summed E-state index contributed by atoms with van der Waals surface area (Å²) in [5.74, 6) is 0. The maximum Gasteiger partial charge on any atom is 0.318 e. The number of carbonyl (C=O) groups is 1. The Morgan fingerprint density at radius 1 is 1.39 bits per heavy atom. The molecule has 1 N–H and O–H groups in total. The van der Waals surface area contributed by atoms with Crippen molar-refractivity contribution in [2.45, 2.75) is 39.8 Å². The summed E-state index contributed by atoms with van der Waals surface area (Å²) >= 11 is 3.42. The third kappa shape index (κ3) is 4.33. The normalized spacial score (nSPS) is 11.2. The zero-order chi connectivity index (χ0) is 13.8. The van der Waals surface area contributed by atoms with Gasteiger partial charge in [0.2, 0.25) is 0 Å². The van der Waals surface area contributed by atoms with E-state index in [9.17, 15) is 4.79 Å². The summed E-state index contributed by atoms with van der Waals surface area (Å²) in [7, 11) is 0. The van der Waals surface area contributed by atoms with E-state index in [0.29, 0.717) is 13.1 Å². The van der Waals surface area contributed by atoms with Gasteiger partial charge in [-0.3, -0.25) is 0 Å². The van der Waals surface area contributed by atoms with E-state index < -0.39 is 0 Å². The number of amides is 2. The molecule has 0 saturated carbocycles. The minimum atomic E-state index is -0.157. The molecule has 4 heteroatoms. The average molecular weight is 313 g/mol. The van der Waals surface area contributed by atoms with E-state index in [-0.39, 0.29) is 11.6 Å². The van der Waals surface area contributed by atoms with E-state index in [2.05, 4.69) is 21.2 Å². The van der Waals surface area contributed by atoms with Gasteiger partial charge in [-0.2, -0.15) is 0 Å². The van der Waals surface area contributed by atoms with E-state index in [4.69, 9.17) is 0 Å². The lowest BCUT2D eigenvalue weighted by Gasteiger charge is -2.34. The maximum absolute atomic E-state index is 12.1. The first-order chi connectivity index (χ1) is 8.34. The van der Waals surface area contributed by atoms with Crippen LogP contribution in [0.25, 0.3) is 0 Å². The van der Waals surface area contributed by atoms with Gasteiger partial charge in [0.05, 0.1) is 0 Å². The Balaban J connectivity index is 2.60. The Bertz CT molecular complexity index is 413. The number of urea groups is 1. The summed E-state index contributed by atoms with van der Waals surface area (Å²) in [5.41, 5.74) is 0.929. The SMILES string of the molecule is CCN(C(=O)NCc1cccc(Br)c1)C(C)(C)C. The molecule has 0 aliphatic carbocycles. The van der Waals surface area contributed by atoms with Crippen molar-refractivity contribution in [3.8, 4) is 0 Å². The van der Waals surface area contributed by atoms with Crippen molar-refractivity contribution < 1.29 is 4.79 Å². The van der Waals surface area contributed by atoms with E-state index in [1.807, 2.05) is 56.9 Å². The first kappa shape index (κ1) is 15.0. The number of hydrogen-bond donors (Lipinski definition) is 1. The molecule has 100 valence electrons. The van der Waals surface area contributed by atoms with Crippen molar-refractivity contribution in [2.75, 3.05) is 6.54 Å². The van der Waals surface area contributed by atoms with E-state index in [1.165, 1.54) is 0 Å². The minimum Gasteiger partial charge on any atom is -0.334 e. The molecule has 0 radical (unpaired) electrons. The lowest BCUT2D eigenvalue weighted by atomic mass is 10.1. The Kier molecular flexibility index (Phi) is 5.20. The summed E-state index contributed by atoms with van der Waals surface area (Å²) in [6, 6.07) is 7.92. The predicted molar refractivity (Wildman–Crippen MR) is 78.5 cm³/mol. The highest BCUT2D eigenvalue weighted by Crippen LogP contribution is 2.14.